The highest BCUT2D eigenvalue weighted by atomic mass is 32.1. The molecule has 0 unspecified atom stereocenters. The summed E-state index contributed by atoms with van der Waals surface area (Å²) in [5.41, 5.74) is 0.794. The molecule has 1 aromatic carbocycles. The Kier molecular flexibility index (Phi) is 4.73. The largest absolute Gasteiger partial charge is 0.497 e. The second-order valence-electron chi connectivity index (χ2n) is 3.77. The fourth-order valence-corrected chi connectivity index (χ4v) is 2.09. The van der Waals surface area contributed by atoms with Gasteiger partial charge in [0.05, 0.1) is 14.2 Å². The zero-order valence-corrected chi connectivity index (χ0v) is 11.9. The van der Waals surface area contributed by atoms with Gasteiger partial charge in [-0.25, -0.2) is 4.98 Å². The number of ether oxygens (including phenoxy) is 2. The summed E-state index contributed by atoms with van der Waals surface area (Å²) >= 11 is 1.37. The lowest BCUT2D eigenvalue weighted by Gasteiger charge is -2.07. The van der Waals surface area contributed by atoms with E-state index in [4.69, 9.17) is 9.47 Å². The zero-order valence-electron chi connectivity index (χ0n) is 11.1. The second-order valence-corrected chi connectivity index (χ2v) is 4.66. The number of nitrogens with one attached hydrogen (secondary N) is 1. The van der Waals surface area contributed by atoms with Crippen LogP contribution in [0.2, 0.25) is 0 Å². The molecule has 0 aliphatic heterocycles. The number of rotatable bonds is 5. The molecule has 0 saturated carbocycles. The van der Waals surface area contributed by atoms with Crippen LogP contribution in [0, 0.1) is 0 Å². The van der Waals surface area contributed by atoms with Crippen LogP contribution in [0.25, 0.3) is 6.08 Å². The van der Waals surface area contributed by atoms with Crippen LogP contribution < -0.4 is 14.8 Å². The van der Waals surface area contributed by atoms with Gasteiger partial charge in [-0.1, -0.05) is 0 Å². The zero-order chi connectivity index (χ0) is 14.4. The quantitative estimate of drug-likeness (QED) is 0.860. The first-order valence-corrected chi connectivity index (χ1v) is 6.71. The maximum Gasteiger partial charge on any atom is 0.250 e. The Morgan fingerprint density at radius 2 is 2.20 bits per heavy atom. The molecule has 5 nitrogen and oxygen atoms in total. The molecular weight excluding hydrogens is 276 g/mol. The van der Waals surface area contributed by atoms with Gasteiger partial charge in [0.2, 0.25) is 5.91 Å². The molecule has 0 bridgehead atoms. The summed E-state index contributed by atoms with van der Waals surface area (Å²) in [5.74, 6) is 1.10. The SMILES string of the molecule is COc1ccc(/C=C/C(=O)Nc2nccs2)c(OC)c1. The van der Waals surface area contributed by atoms with E-state index < -0.39 is 0 Å². The van der Waals surface area contributed by atoms with Crippen LogP contribution in [0.15, 0.2) is 35.9 Å². The normalized spacial score (nSPS) is 10.5. The molecule has 1 N–H and O–H groups in total. The molecule has 2 rings (SSSR count). The number of carbonyl (C=O) groups is 1. The maximum atomic E-state index is 11.7. The average Bonchev–Trinajstić information content (AvgIpc) is 2.97. The summed E-state index contributed by atoms with van der Waals surface area (Å²) in [5, 5.41) is 5.04. The van der Waals surface area contributed by atoms with Gasteiger partial charge in [0.1, 0.15) is 11.5 Å². The number of amides is 1. The minimum Gasteiger partial charge on any atom is -0.497 e. The van der Waals surface area contributed by atoms with E-state index in [1.54, 1.807) is 44.0 Å². The Morgan fingerprint density at radius 1 is 1.35 bits per heavy atom. The highest BCUT2D eigenvalue weighted by Gasteiger charge is 2.04. The van der Waals surface area contributed by atoms with Gasteiger partial charge >= 0.3 is 0 Å². The summed E-state index contributed by atoms with van der Waals surface area (Å²) in [6, 6.07) is 5.39. The number of methoxy groups -OCH3 is 2. The average molecular weight is 290 g/mol. The molecule has 6 heteroatoms. The second kappa shape index (κ2) is 6.72. The van der Waals surface area contributed by atoms with Gasteiger partial charge in [-0.15, -0.1) is 11.3 Å². The van der Waals surface area contributed by atoms with Gasteiger partial charge in [-0.2, -0.15) is 0 Å². The molecule has 0 radical (unpaired) electrons. The predicted molar refractivity (Wildman–Crippen MR) is 79.3 cm³/mol. The minimum atomic E-state index is -0.238. The first kappa shape index (κ1) is 14.1. The summed E-state index contributed by atoms with van der Waals surface area (Å²) in [6.07, 6.45) is 4.75. The molecule has 0 fully saturated rings. The molecule has 1 aromatic heterocycles. The van der Waals surface area contributed by atoms with Crippen molar-refractivity contribution in [1.29, 1.82) is 0 Å². The van der Waals surface area contributed by atoms with E-state index in [1.807, 2.05) is 6.07 Å². The first-order valence-electron chi connectivity index (χ1n) is 5.83. The van der Waals surface area contributed by atoms with Crippen LogP contribution in [0.3, 0.4) is 0 Å². The number of nitrogens with zero attached hydrogens (tertiary/aromatic N) is 1. The highest BCUT2D eigenvalue weighted by Crippen LogP contribution is 2.25. The van der Waals surface area contributed by atoms with Crippen molar-refractivity contribution in [2.75, 3.05) is 19.5 Å². The van der Waals surface area contributed by atoms with Crippen molar-refractivity contribution < 1.29 is 14.3 Å². The molecule has 1 heterocycles. The van der Waals surface area contributed by atoms with Gasteiger partial charge in [0, 0.05) is 29.3 Å². The lowest BCUT2D eigenvalue weighted by Crippen LogP contribution is -2.07. The van der Waals surface area contributed by atoms with Crippen LogP contribution >= 0.6 is 11.3 Å². The Bertz CT molecular complexity index is 609. The Labute approximate surface area is 120 Å². The topological polar surface area (TPSA) is 60.5 Å². The Morgan fingerprint density at radius 3 is 2.85 bits per heavy atom. The van der Waals surface area contributed by atoms with Gasteiger partial charge in [0.15, 0.2) is 5.13 Å². The van der Waals surface area contributed by atoms with Crippen molar-refractivity contribution in [3.05, 3.63) is 41.4 Å². The fourth-order valence-electron chi connectivity index (χ4n) is 1.55. The number of thiazole rings is 1. The third kappa shape index (κ3) is 3.58. The molecule has 104 valence electrons. The monoisotopic (exact) mass is 290 g/mol. The fraction of sp³-hybridized carbons (Fsp3) is 0.143. The molecule has 0 saturated heterocycles. The number of anilines is 1. The number of hydrogen-bond acceptors (Lipinski definition) is 5. The number of aromatic nitrogens is 1. The predicted octanol–water partition coefficient (Wildman–Crippen LogP) is 2.81. The molecule has 2 aromatic rings. The van der Waals surface area contributed by atoms with E-state index in [9.17, 15) is 4.79 Å². The molecule has 0 spiro atoms. The van der Waals surface area contributed by atoms with Crippen LogP contribution in [-0.2, 0) is 4.79 Å². The van der Waals surface area contributed by atoms with Crippen molar-refractivity contribution in [2.24, 2.45) is 0 Å². The van der Waals surface area contributed by atoms with Crippen LogP contribution in [0.5, 0.6) is 11.5 Å². The van der Waals surface area contributed by atoms with Crippen LogP contribution in [-0.4, -0.2) is 25.1 Å². The number of hydrogen-bond donors (Lipinski definition) is 1. The standard InChI is InChI=1S/C14H14N2O3S/c1-18-11-5-3-10(12(9-11)19-2)4-6-13(17)16-14-15-7-8-20-14/h3-9H,1-2H3,(H,15,16,17)/b6-4+. The molecule has 0 atom stereocenters. The van der Waals surface area contributed by atoms with Crippen molar-refractivity contribution in [2.45, 2.75) is 0 Å². The smallest absolute Gasteiger partial charge is 0.250 e. The molecular formula is C14H14N2O3S. The van der Waals surface area contributed by atoms with Gasteiger partial charge in [0.25, 0.3) is 0 Å². The lowest BCUT2D eigenvalue weighted by molar-refractivity contribution is -0.111. The molecule has 1 amide bonds. The Balaban J connectivity index is 2.08. The number of carbonyl (C=O) groups excluding carboxylic acids is 1. The number of benzene rings is 1. The molecule has 20 heavy (non-hydrogen) atoms. The van der Waals surface area contributed by atoms with Crippen molar-refractivity contribution in [3.8, 4) is 11.5 Å². The van der Waals surface area contributed by atoms with E-state index in [1.165, 1.54) is 17.4 Å². The van der Waals surface area contributed by atoms with E-state index in [-0.39, 0.29) is 5.91 Å². The maximum absolute atomic E-state index is 11.7. The van der Waals surface area contributed by atoms with Crippen molar-refractivity contribution in [3.63, 3.8) is 0 Å². The third-order valence-corrected chi connectivity index (χ3v) is 3.21. The lowest BCUT2D eigenvalue weighted by atomic mass is 10.1. The van der Waals surface area contributed by atoms with Crippen molar-refractivity contribution >= 4 is 28.5 Å². The van der Waals surface area contributed by atoms with E-state index in [2.05, 4.69) is 10.3 Å². The molecule has 0 aliphatic rings. The van der Waals surface area contributed by atoms with Crippen LogP contribution in [0.4, 0.5) is 5.13 Å². The highest BCUT2D eigenvalue weighted by molar-refractivity contribution is 7.13. The Hall–Kier alpha value is -2.34. The molecule has 0 aliphatic carbocycles. The van der Waals surface area contributed by atoms with Gasteiger partial charge in [-0.3, -0.25) is 10.1 Å². The van der Waals surface area contributed by atoms with Gasteiger partial charge in [-0.05, 0) is 18.2 Å². The van der Waals surface area contributed by atoms with Crippen molar-refractivity contribution in [1.82, 2.24) is 4.98 Å². The van der Waals surface area contributed by atoms with E-state index in [0.29, 0.717) is 16.6 Å². The summed E-state index contributed by atoms with van der Waals surface area (Å²) in [7, 11) is 3.16. The third-order valence-electron chi connectivity index (χ3n) is 2.52. The summed E-state index contributed by atoms with van der Waals surface area (Å²) in [6.45, 7) is 0. The van der Waals surface area contributed by atoms with E-state index >= 15 is 0 Å². The summed E-state index contributed by atoms with van der Waals surface area (Å²) < 4.78 is 10.4. The summed E-state index contributed by atoms with van der Waals surface area (Å²) in [4.78, 5) is 15.7. The minimum absolute atomic E-state index is 0.238. The van der Waals surface area contributed by atoms with Gasteiger partial charge < -0.3 is 9.47 Å². The first-order chi connectivity index (χ1) is 9.72. The van der Waals surface area contributed by atoms with Crippen LogP contribution in [0.1, 0.15) is 5.56 Å². The van der Waals surface area contributed by atoms with E-state index in [0.717, 1.165) is 5.56 Å².